The molecule has 2 nitrogen and oxygen atoms in total. The van der Waals surface area contributed by atoms with Gasteiger partial charge >= 0.3 is 6.36 Å². The topological polar surface area (TPSA) is 29.5 Å². The molecule has 1 aromatic rings. The average molecular weight is 232 g/mol. The second-order valence-corrected chi connectivity index (χ2v) is 3.85. The zero-order valence-electron chi connectivity index (χ0n) is 8.37. The van der Waals surface area contributed by atoms with E-state index < -0.39 is 18.6 Å². The predicted molar refractivity (Wildman–Crippen MR) is 50.8 cm³/mol. The van der Waals surface area contributed by atoms with Crippen LogP contribution in [-0.2, 0) is 17.6 Å². The van der Waals surface area contributed by atoms with Crippen molar-refractivity contribution in [1.29, 1.82) is 0 Å². The molecule has 1 aliphatic rings. The quantitative estimate of drug-likeness (QED) is 0.803. The van der Waals surface area contributed by atoms with Gasteiger partial charge in [0.25, 0.3) is 0 Å². The molecule has 0 spiro atoms. The molecule has 0 aromatic heterocycles. The molecule has 0 unspecified atom stereocenters. The van der Waals surface area contributed by atoms with Crippen LogP contribution in [0.3, 0.4) is 0 Å². The summed E-state index contributed by atoms with van der Waals surface area (Å²) in [5.74, 6) is 0. The third kappa shape index (κ3) is 2.54. The van der Waals surface area contributed by atoms with E-state index in [4.69, 9.17) is 0 Å². The molecule has 88 valence electrons. The van der Waals surface area contributed by atoms with Crippen LogP contribution in [0, 0.1) is 0 Å². The first-order valence-corrected chi connectivity index (χ1v) is 4.95. The van der Waals surface area contributed by atoms with Crippen LogP contribution < -0.4 is 0 Å². The molecule has 0 saturated carbocycles. The minimum Gasteiger partial charge on any atom is -0.390 e. The summed E-state index contributed by atoms with van der Waals surface area (Å²) in [6.45, 7) is 0. The van der Waals surface area contributed by atoms with Crippen LogP contribution in [0.1, 0.15) is 11.1 Å². The van der Waals surface area contributed by atoms with E-state index in [0.29, 0.717) is 0 Å². The number of aliphatic hydroxyl groups excluding tert-OH is 1. The van der Waals surface area contributed by atoms with Gasteiger partial charge in [0, 0.05) is 12.8 Å². The molecule has 0 amide bonds. The van der Waals surface area contributed by atoms with Gasteiger partial charge in [0.2, 0.25) is 0 Å². The van der Waals surface area contributed by atoms with Crippen LogP contribution in [0.15, 0.2) is 24.3 Å². The summed E-state index contributed by atoms with van der Waals surface area (Å²) in [4.78, 5) is 0. The van der Waals surface area contributed by atoms with E-state index in [2.05, 4.69) is 4.74 Å². The van der Waals surface area contributed by atoms with Crippen molar-refractivity contribution in [3.8, 4) is 0 Å². The van der Waals surface area contributed by atoms with Gasteiger partial charge in [-0.25, -0.2) is 0 Å². The maximum atomic E-state index is 12.1. The van der Waals surface area contributed by atoms with Crippen molar-refractivity contribution < 1.29 is 23.0 Å². The lowest BCUT2D eigenvalue weighted by Gasteiger charge is -2.30. The molecule has 1 N–H and O–H groups in total. The largest absolute Gasteiger partial charge is 0.522 e. The Labute approximate surface area is 90.7 Å². The first-order chi connectivity index (χ1) is 7.46. The van der Waals surface area contributed by atoms with Gasteiger partial charge in [0.05, 0.1) is 12.2 Å². The van der Waals surface area contributed by atoms with Gasteiger partial charge in [-0.05, 0) is 11.1 Å². The van der Waals surface area contributed by atoms with E-state index in [1.54, 1.807) is 18.2 Å². The van der Waals surface area contributed by atoms with Crippen molar-refractivity contribution in [3.05, 3.63) is 35.4 Å². The highest BCUT2D eigenvalue weighted by Crippen LogP contribution is 2.28. The van der Waals surface area contributed by atoms with E-state index in [1.807, 2.05) is 6.07 Å². The van der Waals surface area contributed by atoms with E-state index in [1.165, 1.54) is 0 Å². The van der Waals surface area contributed by atoms with Gasteiger partial charge in [0.1, 0.15) is 0 Å². The Morgan fingerprint density at radius 3 is 2.25 bits per heavy atom. The fourth-order valence-electron chi connectivity index (χ4n) is 1.96. The predicted octanol–water partition coefficient (Wildman–Crippen LogP) is 2.05. The second kappa shape index (κ2) is 4.07. The van der Waals surface area contributed by atoms with Crippen LogP contribution in [0.25, 0.3) is 0 Å². The molecule has 0 aliphatic heterocycles. The minimum absolute atomic E-state index is 0.0941. The SMILES string of the molecule is O[C@H]1Cc2ccccc2C[C@@H]1OC(F)(F)F. The molecule has 0 fully saturated rings. The average Bonchev–Trinajstić information content (AvgIpc) is 2.17. The number of fused-ring (bicyclic) bond motifs is 1. The molecular weight excluding hydrogens is 221 g/mol. The first kappa shape index (κ1) is 11.4. The van der Waals surface area contributed by atoms with Crippen LogP contribution in [0.4, 0.5) is 13.2 Å². The molecule has 5 heteroatoms. The first-order valence-electron chi connectivity index (χ1n) is 4.95. The lowest BCUT2D eigenvalue weighted by Crippen LogP contribution is -2.40. The number of aliphatic hydroxyl groups is 1. The fourth-order valence-corrected chi connectivity index (χ4v) is 1.96. The zero-order valence-corrected chi connectivity index (χ0v) is 8.37. The monoisotopic (exact) mass is 232 g/mol. The Kier molecular flexibility index (Phi) is 2.90. The molecule has 1 aromatic carbocycles. The smallest absolute Gasteiger partial charge is 0.390 e. The van der Waals surface area contributed by atoms with E-state index in [-0.39, 0.29) is 12.8 Å². The molecule has 16 heavy (non-hydrogen) atoms. The highest BCUT2D eigenvalue weighted by atomic mass is 19.4. The molecule has 0 saturated heterocycles. The minimum atomic E-state index is -4.70. The van der Waals surface area contributed by atoms with Gasteiger partial charge in [-0.3, -0.25) is 4.74 Å². The van der Waals surface area contributed by atoms with Gasteiger partial charge in [-0.1, -0.05) is 24.3 Å². The lowest BCUT2D eigenvalue weighted by atomic mass is 9.88. The van der Waals surface area contributed by atoms with Crippen LogP contribution in [-0.4, -0.2) is 23.7 Å². The highest BCUT2D eigenvalue weighted by molar-refractivity contribution is 5.31. The molecule has 0 bridgehead atoms. The maximum absolute atomic E-state index is 12.1. The molecule has 1 aliphatic carbocycles. The van der Waals surface area contributed by atoms with Crippen molar-refractivity contribution in [2.45, 2.75) is 31.4 Å². The van der Waals surface area contributed by atoms with Crippen molar-refractivity contribution >= 4 is 0 Å². The van der Waals surface area contributed by atoms with Crippen molar-refractivity contribution in [3.63, 3.8) is 0 Å². The number of hydrogen-bond acceptors (Lipinski definition) is 2. The van der Waals surface area contributed by atoms with Gasteiger partial charge in [-0.15, -0.1) is 13.2 Å². The Balaban J connectivity index is 2.15. The standard InChI is InChI=1S/C11H11F3O2/c12-11(13,14)16-10-6-8-4-2-1-3-7(8)5-9(10)15/h1-4,9-10,15H,5-6H2/t9-,10-/m0/s1. The van der Waals surface area contributed by atoms with E-state index >= 15 is 0 Å². The molecule has 0 radical (unpaired) electrons. The summed E-state index contributed by atoms with van der Waals surface area (Å²) in [7, 11) is 0. The van der Waals surface area contributed by atoms with Crippen molar-refractivity contribution in [2.75, 3.05) is 0 Å². The Morgan fingerprint density at radius 1 is 1.12 bits per heavy atom. The van der Waals surface area contributed by atoms with Gasteiger partial charge in [0.15, 0.2) is 0 Å². The number of ether oxygens (including phenoxy) is 1. The van der Waals surface area contributed by atoms with Crippen molar-refractivity contribution in [2.24, 2.45) is 0 Å². The van der Waals surface area contributed by atoms with Crippen LogP contribution >= 0.6 is 0 Å². The number of rotatable bonds is 1. The molecule has 0 heterocycles. The van der Waals surface area contributed by atoms with Gasteiger partial charge in [-0.2, -0.15) is 0 Å². The number of hydrogen-bond donors (Lipinski definition) is 1. The van der Waals surface area contributed by atoms with E-state index in [0.717, 1.165) is 11.1 Å². The van der Waals surface area contributed by atoms with Crippen LogP contribution in [0.2, 0.25) is 0 Å². The molecule has 2 rings (SSSR count). The zero-order chi connectivity index (χ0) is 11.8. The van der Waals surface area contributed by atoms with Crippen LogP contribution in [0.5, 0.6) is 0 Å². The molecular formula is C11H11F3O2. The Hall–Kier alpha value is -1.07. The number of benzene rings is 1. The Bertz CT molecular complexity index is 376. The summed E-state index contributed by atoms with van der Waals surface area (Å²) in [6.07, 6.45) is -6.70. The summed E-state index contributed by atoms with van der Waals surface area (Å²) in [5.41, 5.74) is 1.69. The summed E-state index contributed by atoms with van der Waals surface area (Å²) < 4.78 is 40.1. The lowest BCUT2D eigenvalue weighted by molar-refractivity contribution is -0.351. The molecule has 2 atom stereocenters. The third-order valence-electron chi connectivity index (χ3n) is 2.68. The Morgan fingerprint density at radius 2 is 1.69 bits per heavy atom. The number of alkyl halides is 3. The summed E-state index contributed by atoms with van der Waals surface area (Å²) >= 11 is 0. The fraction of sp³-hybridized carbons (Fsp3) is 0.455. The van der Waals surface area contributed by atoms with Gasteiger partial charge < -0.3 is 5.11 Å². The number of halogens is 3. The third-order valence-corrected chi connectivity index (χ3v) is 2.68. The van der Waals surface area contributed by atoms with E-state index in [9.17, 15) is 18.3 Å². The normalized spacial score (nSPS) is 25.2. The maximum Gasteiger partial charge on any atom is 0.522 e. The summed E-state index contributed by atoms with van der Waals surface area (Å²) in [6, 6.07) is 7.13. The van der Waals surface area contributed by atoms with Crippen molar-refractivity contribution in [1.82, 2.24) is 0 Å². The second-order valence-electron chi connectivity index (χ2n) is 3.85. The summed E-state index contributed by atoms with van der Waals surface area (Å²) in [5, 5.41) is 9.55. The highest BCUT2D eigenvalue weighted by Gasteiger charge is 2.38.